The molecule has 0 saturated carbocycles. The minimum atomic E-state index is -0.552. The van der Waals surface area contributed by atoms with Gasteiger partial charge in [-0.25, -0.2) is 0 Å². The molecular formula is C27H26Cl2NiP2. The summed E-state index contributed by atoms with van der Waals surface area (Å²) in [6, 6.07) is 44.4. The van der Waals surface area contributed by atoms with Crippen LogP contribution < -0.4 is 21.2 Å². The monoisotopic (exact) mass is 540 g/mol. The summed E-state index contributed by atoms with van der Waals surface area (Å²) in [6.07, 6.45) is 0. The number of halogens is 2. The molecule has 0 aromatic heterocycles. The van der Waals surface area contributed by atoms with Gasteiger partial charge in [0.2, 0.25) is 0 Å². The second kappa shape index (κ2) is 12.9. The number of rotatable bonds is 6. The van der Waals surface area contributed by atoms with Crippen molar-refractivity contribution in [2.45, 2.75) is 18.7 Å². The van der Waals surface area contributed by atoms with Gasteiger partial charge in [-0.3, -0.25) is 0 Å². The van der Waals surface area contributed by atoms with Gasteiger partial charge in [-0.15, -0.1) is 0 Å². The van der Waals surface area contributed by atoms with Crippen molar-refractivity contribution >= 4 is 57.4 Å². The molecule has 0 aliphatic rings. The van der Waals surface area contributed by atoms with Gasteiger partial charge >= 0.3 is 33.0 Å². The maximum atomic E-state index is 4.70. The summed E-state index contributed by atoms with van der Waals surface area (Å²) < 4.78 is 0. The molecule has 0 heterocycles. The van der Waals surface area contributed by atoms with Crippen LogP contribution in [-0.2, 0) is 12.7 Å². The zero-order chi connectivity index (χ0) is 22.8. The maximum absolute atomic E-state index is 4.70. The van der Waals surface area contributed by atoms with Gasteiger partial charge in [-0.2, -0.15) is 0 Å². The van der Waals surface area contributed by atoms with Gasteiger partial charge in [0.15, 0.2) is 0 Å². The summed E-state index contributed by atoms with van der Waals surface area (Å²) in [6.45, 7) is 4.95. The van der Waals surface area contributed by atoms with Crippen LogP contribution in [0.15, 0.2) is 121 Å². The Bertz CT molecular complexity index is 882. The van der Waals surface area contributed by atoms with Crippen molar-refractivity contribution in [3.8, 4) is 0 Å². The van der Waals surface area contributed by atoms with E-state index in [1.807, 2.05) is 0 Å². The molecule has 0 fully saturated rings. The van der Waals surface area contributed by atoms with E-state index in [2.05, 4.69) is 135 Å². The zero-order valence-electron chi connectivity index (χ0n) is 18.0. The Morgan fingerprint density at radius 3 is 0.844 bits per heavy atom. The summed E-state index contributed by atoms with van der Waals surface area (Å²) in [4.78, 5) is 0.0794. The predicted octanol–water partition coefficient (Wildman–Crippen LogP) is 7.36. The third-order valence-corrected chi connectivity index (χ3v) is 11.8. The molecule has 0 saturated heterocycles. The van der Waals surface area contributed by atoms with Crippen LogP contribution in [0.25, 0.3) is 0 Å². The average Bonchev–Trinajstić information content (AvgIpc) is 2.82. The van der Waals surface area contributed by atoms with Crippen molar-refractivity contribution in [2.75, 3.05) is 0 Å². The molecule has 0 atom stereocenters. The van der Waals surface area contributed by atoms with Crippen molar-refractivity contribution in [2.24, 2.45) is 0 Å². The van der Waals surface area contributed by atoms with Crippen LogP contribution in [0.5, 0.6) is 0 Å². The van der Waals surface area contributed by atoms with E-state index in [-0.39, 0.29) is 4.90 Å². The van der Waals surface area contributed by atoms with Crippen LogP contribution in [0.1, 0.15) is 13.8 Å². The fourth-order valence-corrected chi connectivity index (χ4v) is 11.2. The fraction of sp³-hybridized carbons (Fsp3) is 0.111. The van der Waals surface area contributed by atoms with Gasteiger partial charge in [0.05, 0.1) is 0 Å². The molecule has 32 heavy (non-hydrogen) atoms. The van der Waals surface area contributed by atoms with Crippen LogP contribution in [-0.4, -0.2) is 4.90 Å². The molecule has 0 spiro atoms. The summed E-state index contributed by atoms with van der Waals surface area (Å²) >= 11 is 0.569. The molecule has 4 aromatic rings. The van der Waals surface area contributed by atoms with E-state index in [0.717, 1.165) is 0 Å². The first kappa shape index (κ1) is 25.4. The first-order valence-corrected chi connectivity index (χ1v) is 15.6. The molecule has 0 amide bonds. The Balaban J connectivity index is 0.000000913. The predicted molar refractivity (Wildman–Crippen MR) is 144 cm³/mol. The molecule has 168 valence electrons. The molecule has 0 aliphatic heterocycles. The summed E-state index contributed by atoms with van der Waals surface area (Å²) in [5.74, 6) is 0. The van der Waals surface area contributed by atoms with E-state index < -0.39 is 15.8 Å². The van der Waals surface area contributed by atoms with Gasteiger partial charge < -0.3 is 0 Å². The summed E-state index contributed by atoms with van der Waals surface area (Å²) in [7, 11) is 8.30. The van der Waals surface area contributed by atoms with Gasteiger partial charge in [0.25, 0.3) is 0 Å². The molecule has 0 nitrogen and oxygen atoms in total. The van der Waals surface area contributed by atoms with Gasteiger partial charge in [0, 0.05) is 4.90 Å². The van der Waals surface area contributed by atoms with E-state index in [0.29, 0.717) is 12.7 Å². The van der Waals surface area contributed by atoms with E-state index in [4.69, 9.17) is 20.4 Å². The average molecular weight is 542 g/mol. The third-order valence-electron chi connectivity index (χ3n) is 5.15. The first-order chi connectivity index (χ1) is 15.6. The zero-order valence-corrected chi connectivity index (χ0v) is 22.3. The van der Waals surface area contributed by atoms with Gasteiger partial charge in [0.1, 0.15) is 0 Å². The fourth-order valence-electron chi connectivity index (χ4n) is 3.97. The number of benzene rings is 4. The standard InChI is InChI=1S/C27H26P2.2ClH.Ni/c1-27(2,28(23-15-7-3-8-16-23)24-17-9-4-10-18-24)29(25-19-11-5-12-20-25)26-21-13-6-14-22-26;;;/h3-22H,1-2H3;2*1H;/q;;;+2/p-2. The number of hydrogen-bond donors (Lipinski definition) is 0. The van der Waals surface area contributed by atoms with E-state index >= 15 is 0 Å². The quantitative estimate of drug-likeness (QED) is 0.177. The minimum absolute atomic E-state index is 0.0794. The van der Waals surface area contributed by atoms with Crippen LogP contribution in [0.2, 0.25) is 0 Å². The van der Waals surface area contributed by atoms with Crippen LogP contribution >= 0.6 is 36.2 Å². The summed E-state index contributed by atoms with van der Waals surface area (Å²) in [5, 5.41) is 5.77. The molecule has 4 rings (SSSR count). The molecule has 0 aliphatic carbocycles. The normalized spacial score (nSPS) is 11.3. The van der Waals surface area contributed by atoms with Gasteiger partial charge in [-0.1, -0.05) is 135 Å². The van der Waals surface area contributed by atoms with Crippen molar-refractivity contribution in [1.82, 2.24) is 0 Å². The van der Waals surface area contributed by atoms with Crippen LogP contribution in [0, 0.1) is 0 Å². The number of hydrogen-bond acceptors (Lipinski definition) is 0. The van der Waals surface area contributed by atoms with Crippen molar-refractivity contribution in [1.29, 1.82) is 0 Å². The Labute approximate surface area is 209 Å². The molecule has 5 heteroatoms. The van der Waals surface area contributed by atoms with Crippen LogP contribution in [0.3, 0.4) is 0 Å². The second-order valence-electron chi connectivity index (χ2n) is 7.55. The van der Waals surface area contributed by atoms with Crippen molar-refractivity contribution < 1.29 is 12.7 Å². The van der Waals surface area contributed by atoms with E-state index in [1.165, 1.54) is 21.2 Å². The topological polar surface area (TPSA) is 0 Å². The Hall–Kier alpha value is -1.19. The molecule has 0 N–H and O–H groups in total. The van der Waals surface area contributed by atoms with E-state index in [1.54, 1.807) is 0 Å². The third kappa shape index (κ3) is 6.44. The molecule has 0 bridgehead atoms. The van der Waals surface area contributed by atoms with Crippen LogP contribution in [0.4, 0.5) is 0 Å². The molecule has 0 radical (unpaired) electrons. The molecule has 4 aromatic carbocycles. The second-order valence-corrected chi connectivity index (χ2v) is 15.2. The Morgan fingerprint density at radius 2 is 0.656 bits per heavy atom. The van der Waals surface area contributed by atoms with Crippen molar-refractivity contribution in [3.05, 3.63) is 121 Å². The van der Waals surface area contributed by atoms with Gasteiger partial charge in [-0.05, 0) is 37.1 Å². The molecular weight excluding hydrogens is 516 g/mol. The Morgan fingerprint density at radius 1 is 0.469 bits per heavy atom. The summed E-state index contributed by atoms with van der Waals surface area (Å²) in [5.41, 5.74) is 0. The SMILES string of the molecule is CC(C)(P(c1ccccc1)c1ccccc1)P(c1ccccc1)c1ccccc1.[Cl][Ni][Cl]. The Kier molecular flexibility index (Phi) is 10.2. The first-order valence-electron chi connectivity index (χ1n) is 10.2. The van der Waals surface area contributed by atoms with E-state index in [9.17, 15) is 0 Å². The molecule has 0 unspecified atom stereocenters. The van der Waals surface area contributed by atoms with Crippen molar-refractivity contribution in [3.63, 3.8) is 0 Å².